The number of amides is 1. The summed E-state index contributed by atoms with van der Waals surface area (Å²) in [4.78, 5) is 12.9. The van der Waals surface area contributed by atoms with E-state index in [1.54, 1.807) is 31.4 Å². The molecule has 7 heteroatoms. The van der Waals surface area contributed by atoms with Crippen molar-refractivity contribution in [2.45, 2.75) is 37.2 Å². The minimum Gasteiger partial charge on any atom is -0.496 e. The monoisotopic (exact) mass is 388 g/mol. The van der Waals surface area contributed by atoms with Crippen LogP contribution < -0.4 is 10.1 Å². The highest BCUT2D eigenvalue weighted by Gasteiger charge is 2.39. The largest absolute Gasteiger partial charge is 0.496 e. The molecule has 1 aliphatic heterocycles. The van der Waals surface area contributed by atoms with E-state index >= 15 is 0 Å². The van der Waals surface area contributed by atoms with Crippen molar-refractivity contribution in [1.29, 1.82) is 0 Å². The quantitative estimate of drug-likeness (QED) is 0.825. The highest BCUT2D eigenvalue weighted by atomic mass is 32.2. The van der Waals surface area contributed by atoms with E-state index in [0.29, 0.717) is 25.1 Å². The Hall–Kier alpha value is -2.38. The molecule has 2 aromatic rings. The molecular formula is C20H24N2O4S. The van der Waals surface area contributed by atoms with Crippen LogP contribution in [0, 0.1) is 6.92 Å². The summed E-state index contributed by atoms with van der Waals surface area (Å²) in [5, 5.41) is 2.85. The van der Waals surface area contributed by atoms with Crippen LogP contribution in [-0.4, -0.2) is 38.3 Å². The van der Waals surface area contributed by atoms with E-state index in [9.17, 15) is 13.2 Å². The summed E-state index contributed by atoms with van der Waals surface area (Å²) in [6, 6.07) is 13.4. The predicted molar refractivity (Wildman–Crippen MR) is 103 cm³/mol. The van der Waals surface area contributed by atoms with E-state index in [0.717, 1.165) is 11.1 Å². The van der Waals surface area contributed by atoms with Crippen LogP contribution in [0.2, 0.25) is 0 Å². The minimum absolute atomic E-state index is 0.220. The number of methoxy groups -OCH3 is 1. The number of sulfonamides is 1. The van der Waals surface area contributed by atoms with Gasteiger partial charge < -0.3 is 10.1 Å². The highest BCUT2D eigenvalue weighted by molar-refractivity contribution is 7.89. The van der Waals surface area contributed by atoms with E-state index in [1.165, 1.54) is 4.31 Å². The van der Waals surface area contributed by atoms with E-state index < -0.39 is 16.1 Å². The first kappa shape index (κ1) is 19.4. The molecule has 1 aliphatic rings. The van der Waals surface area contributed by atoms with Crippen molar-refractivity contribution in [2.24, 2.45) is 0 Å². The van der Waals surface area contributed by atoms with Crippen LogP contribution in [0.1, 0.15) is 24.0 Å². The first-order valence-corrected chi connectivity index (χ1v) is 10.4. The third-order valence-corrected chi connectivity index (χ3v) is 6.70. The van der Waals surface area contributed by atoms with Crippen LogP contribution in [0.5, 0.6) is 5.75 Å². The Balaban J connectivity index is 1.73. The molecule has 1 N–H and O–H groups in total. The number of nitrogens with one attached hydrogen (secondary N) is 1. The second kappa shape index (κ2) is 8.10. The third-order valence-electron chi connectivity index (χ3n) is 4.78. The van der Waals surface area contributed by atoms with Crippen molar-refractivity contribution in [3.05, 3.63) is 59.7 Å². The molecule has 0 spiro atoms. The summed E-state index contributed by atoms with van der Waals surface area (Å²) in [6.45, 7) is 2.54. The van der Waals surface area contributed by atoms with Gasteiger partial charge in [0.2, 0.25) is 15.9 Å². The predicted octanol–water partition coefficient (Wildman–Crippen LogP) is 2.47. The molecule has 6 nitrogen and oxygen atoms in total. The lowest BCUT2D eigenvalue weighted by Gasteiger charge is -2.23. The van der Waals surface area contributed by atoms with E-state index in [4.69, 9.17) is 4.74 Å². The van der Waals surface area contributed by atoms with Gasteiger partial charge in [-0.3, -0.25) is 4.79 Å². The lowest BCUT2D eigenvalue weighted by Crippen LogP contribution is -2.45. The van der Waals surface area contributed by atoms with Gasteiger partial charge in [0.15, 0.2) is 0 Å². The van der Waals surface area contributed by atoms with Gasteiger partial charge in [0.1, 0.15) is 11.8 Å². The fourth-order valence-corrected chi connectivity index (χ4v) is 4.94. The van der Waals surface area contributed by atoms with Gasteiger partial charge in [0, 0.05) is 18.7 Å². The van der Waals surface area contributed by atoms with Gasteiger partial charge in [-0.15, -0.1) is 0 Å². The van der Waals surface area contributed by atoms with E-state index in [1.807, 2.05) is 31.2 Å². The van der Waals surface area contributed by atoms with E-state index in [2.05, 4.69) is 5.32 Å². The zero-order valence-corrected chi connectivity index (χ0v) is 16.3. The average molecular weight is 388 g/mol. The van der Waals surface area contributed by atoms with Crippen LogP contribution in [-0.2, 0) is 21.4 Å². The maximum Gasteiger partial charge on any atom is 0.243 e. The summed E-state index contributed by atoms with van der Waals surface area (Å²) >= 11 is 0. The summed E-state index contributed by atoms with van der Waals surface area (Å²) in [7, 11) is -2.12. The Kier molecular flexibility index (Phi) is 5.82. The minimum atomic E-state index is -3.70. The highest BCUT2D eigenvalue weighted by Crippen LogP contribution is 2.26. The number of ether oxygens (including phenoxy) is 1. The van der Waals surface area contributed by atoms with Gasteiger partial charge in [-0.1, -0.05) is 35.9 Å². The molecule has 3 rings (SSSR count). The summed E-state index contributed by atoms with van der Waals surface area (Å²) < 4.78 is 32.5. The summed E-state index contributed by atoms with van der Waals surface area (Å²) in [6.07, 6.45) is 1.18. The SMILES string of the molecule is COc1ccccc1CNC(=O)[C@H]1CCCN1S(=O)(=O)c1ccc(C)cc1. The standard InChI is InChI=1S/C20H24N2O4S/c1-15-9-11-17(12-10-15)27(24,25)22-13-5-7-18(22)20(23)21-14-16-6-3-4-8-19(16)26-2/h3-4,6,8-12,18H,5,7,13-14H2,1-2H3,(H,21,23)/t18-/m1/s1. The van der Waals surface area contributed by atoms with Crippen LogP contribution in [0.25, 0.3) is 0 Å². The molecule has 1 saturated heterocycles. The van der Waals surface area contributed by atoms with Gasteiger partial charge in [0.25, 0.3) is 0 Å². The maximum atomic E-state index is 13.0. The fraction of sp³-hybridized carbons (Fsp3) is 0.350. The van der Waals surface area contributed by atoms with Crippen molar-refractivity contribution in [1.82, 2.24) is 9.62 Å². The maximum absolute atomic E-state index is 13.0. The van der Waals surface area contributed by atoms with Gasteiger partial charge in [0.05, 0.1) is 12.0 Å². The number of carbonyl (C=O) groups excluding carboxylic acids is 1. The number of nitrogens with zero attached hydrogens (tertiary/aromatic N) is 1. The van der Waals surface area contributed by atoms with Crippen LogP contribution in [0.3, 0.4) is 0 Å². The summed E-state index contributed by atoms with van der Waals surface area (Å²) in [5.74, 6) is 0.405. The van der Waals surface area contributed by atoms with Gasteiger partial charge >= 0.3 is 0 Å². The van der Waals surface area contributed by atoms with Crippen molar-refractivity contribution >= 4 is 15.9 Å². The zero-order chi connectivity index (χ0) is 19.4. The van der Waals surface area contributed by atoms with Crippen LogP contribution in [0.4, 0.5) is 0 Å². The normalized spacial score (nSPS) is 17.6. The van der Waals surface area contributed by atoms with Crippen LogP contribution >= 0.6 is 0 Å². The van der Waals surface area contributed by atoms with Crippen molar-refractivity contribution in [2.75, 3.05) is 13.7 Å². The second-order valence-electron chi connectivity index (χ2n) is 6.62. The van der Waals surface area contributed by atoms with Gasteiger partial charge in [-0.25, -0.2) is 8.42 Å². The number of carbonyl (C=O) groups is 1. The molecule has 0 saturated carbocycles. The lowest BCUT2D eigenvalue weighted by molar-refractivity contribution is -0.124. The average Bonchev–Trinajstić information content (AvgIpc) is 3.17. The Labute approximate surface area is 160 Å². The number of benzene rings is 2. The molecule has 0 aliphatic carbocycles. The number of rotatable bonds is 6. The molecule has 1 amide bonds. The number of hydrogen-bond donors (Lipinski definition) is 1. The summed E-state index contributed by atoms with van der Waals surface area (Å²) in [5.41, 5.74) is 1.83. The molecule has 144 valence electrons. The molecular weight excluding hydrogens is 364 g/mol. The molecule has 0 radical (unpaired) electrons. The molecule has 27 heavy (non-hydrogen) atoms. The van der Waals surface area contributed by atoms with Gasteiger partial charge in [-0.2, -0.15) is 4.31 Å². The fourth-order valence-electron chi connectivity index (χ4n) is 3.28. The van der Waals surface area contributed by atoms with E-state index in [-0.39, 0.29) is 17.3 Å². The number of hydrogen-bond acceptors (Lipinski definition) is 4. The smallest absolute Gasteiger partial charge is 0.243 e. The first-order valence-electron chi connectivity index (χ1n) is 8.91. The Bertz CT molecular complexity index is 910. The Morgan fingerprint density at radius 2 is 1.89 bits per heavy atom. The van der Waals surface area contributed by atoms with Crippen molar-refractivity contribution in [3.63, 3.8) is 0 Å². The molecule has 0 unspecified atom stereocenters. The molecule has 1 fully saturated rings. The topological polar surface area (TPSA) is 75.7 Å². The third kappa shape index (κ3) is 4.14. The van der Waals surface area contributed by atoms with Gasteiger partial charge in [-0.05, 0) is 38.0 Å². The Morgan fingerprint density at radius 3 is 2.59 bits per heavy atom. The zero-order valence-electron chi connectivity index (χ0n) is 15.5. The van der Waals surface area contributed by atoms with Crippen molar-refractivity contribution < 1.29 is 17.9 Å². The van der Waals surface area contributed by atoms with Crippen molar-refractivity contribution in [3.8, 4) is 5.75 Å². The molecule has 1 atom stereocenters. The molecule has 0 bridgehead atoms. The molecule has 0 aromatic heterocycles. The molecule has 2 aromatic carbocycles. The lowest BCUT2D eigenvalue weighted by atomic mass is 10.2. The molecule has 1 heterocycles. The number of aryl methyl sites for hydroxylation is 1. The van der Waals surface area contributed by atoms with Crippen LogP contribution in [0.15, 0.2) is 53.4 Å². The second-order valence-corrected chi connectivity index (χ2v) is 8.51. The number of para-hydroxylation sites is 1. The first-order chi connectivity index (χ1) is 12.9. The Morgan fingerprint density at radius 1 is 1.19 bits per heavy atom.